The maximum Gasteiger partial charge on any atom is 0.277 e. The molecule has 0 unspecified atom stereocenters. The van der Waals surface area contributed by atoms with Gasteiger partial charge in [-0.1, -0.05) is 47.5 Å². The molecule has 0 atom stereocenters. The average molecular weight is 374 g/mol. The van der Waals surface area contributed by atoms with E-state index in [2.05, 4.69) is 15.5 Å². The van der Waals surface area contributed by atoms with E-state index in [1.54, 1.807) is 24.3 Å². The van der Waals surface area contributed by atoms with Crippen molar-refractivity contribution in [3.63, 3.8) is 0 Å². The second-order valence-electron chi connectivity index (χ2n) is 5.10. The van der Waals surface area contributed by atoms with Crippen molar-refractivity contribution in [3.05, 3.63) is 70.3 Å². The predicted molar refractivity (Wildman–Crippen MR) is 99.4 cm³/mol. The van der Waals surface area contributed by atoms with Crippen LogP contribution in [0.15, 0.2) is 59.7 Å². The number of hydrogen-bond donors (Lipinski definition) is 1. The van der Waals surface area contributed by atoms with Crippen LogP contribution in [0.4, 0.5) is 0 Å². The zero-order valence-electron chi connectivity index (χ0n) is 12.9. The molecule has 1 amide bonds. The summed E-state index contributed by atoms with van der Waals surface area (Å²) in [4.78, 5) is 16.0. The van der Waals surface area contributed by atoms with E-state index in [0.29, 0.717) is 21.5 Å². The highest BCUT2D eigenvalue weighted by Gasteiger charge is 2.04. The lowest BCUT2D eigenvalue weighted by Crippen LogP contribution is -2.24. The summed E-state index contributed by atoms with van der Waals surface area (Å²) in [7, 11) is 0. The van der Waals surface area contributed by atoms with E-state index < -0.39 is 5.91 Å². The van der Waals surface area contributed by atoms with Gasteiger partial charge in [-0.25, -0.2) is 10.4 Å². The fourth-order valence-electron chi connectivity index (χ4n) is 2.11. The highest BCUT2D eigenvalue weighted by Crippen LogP contribution is 2.19. The normalized spacial score (nSPS) is 11.0. The summed E-state index contributed by atoms with van der Waals surface area (Å²) >= 11 is 12.0. The molecule has 25 heavy (non-hydrogen) atoms. The van der Waals surface area contributed by atoms with Gasteiger partial charge in [0.05, 0.1) is 11.7 Å². The molecule has 1 heterocycles. The van der Waals surface area contributed by atoms with E-state index in [1.165, 1.54) is 6.21 Å². The predicted octanol–water partition coefficient (Wildman–Crippen LogP) is 4.07. The van der Waals surface area contributed by atoms with Crippen LogP contribution in [-0.2, 0) is 4.79 Å². The van der Waals surface area contributed by atoms with Gasteiger partial charge in [-0.05, 0) is 30.3 Å². The topological polar surface area (TPSA) is 63.6 Å². The number of aromatic nitrogens is 1. The Hall–Kier alpha value is -2.63. The molecular weight excluding hydrogens is 361 g/mol. The number of fused-ring (bicyclic) bond motifs is 1. The number of carbonyl (C=O) groups excluding carboxylic acids is 1. The Morgan fingerprint density at radius 1 is 1.16 bits per heavy atom. The zero-order chi connectivity index (χ0) is 17.6. The average Bonchev–Trinajstić information content (AvgIpc) is 2.60. The largest absolute Gasteiger partial charge is 0.484 e. The van der Waals surface area contributed by atoms with Gasteiger partial charge in [0.25, 0.3) is 5.91 Å². The van der Waals surface area contributed by atoms with Crippen LogP contribution in [-0.4, -0.2) is 23.7 Å². The second-order valence-corrected chi connectivity index (χ2v) is 5.89. The Balaban J connectivity index is 1.59. The summed E-state index contributed by atoms with van der Waals surface area (Å²) in [6.45, 7) is -0.179. The van der Waals surface area contributed by atoms with Crippen LogP contribution >= 0.6 is 23.2 Å². The number of amides is 1. The molecule has 0 saturated carbocycles. The lowest BCUT2D eigenvalue weighted by molar-refractivity contribution is -0.123. The van der Waals surface area contributed by atoms with Gasteiger partial charge >= 0.3 is 0 Å². The van der Waals surface area contributed by atoms with Gasteiger partial charge in [-0.15, -0.1) is 0 Å². The molecule has 0 saturated heterocycles. The van der Waals surface area contributed by atoms with Crippen LogP contribution < -0.4 is 10.2 Å². The standard InChI is InChI=1S/C18H13Cl2N3O2/c19-14-5-3-6-15(9-14)25-11-17(24)23-21-10-13-8-12-4-1-2-7-16(12)22-18(13)20/h1-10H,11H2,(H,23,24)/b21-10-. The summed E-state index contributed by atoms with van der Waals surface area (Å²) in [5, 5.41) is 5.67. The number of carbonyl (C=O) groups is 1. The molecule has 0 bridgehead atoms. The monoisotopic (exact) mass is 373 g/mol. The molecule has 2 aromatic carbocycles. The maximum absolute atomic E-state index is 11.8. The minimum absolute atomic E-state index is 0.179. The molecule has 0 spiro atoms. The number of hydrogen-bond acceptors (Lipinski definition) is 4. The fourth-order valence-corrected chi connectivity index (χ4v) is 2.49. The molecule has 1 N–H and O–H groups in total. The smallest absolute Gasteiger partial charge is 0.277 e. The Bertz CT molecular complexity index is 945. The number of benzene rings is 2. The molecule has 5 nitrogen and oxygen atoms in total. The number of nitrogens with zero attached hydrogens (tertiary/aromatic N) is 2. The summed E-state index contributed by atoms with van der Waals surface area (Å²) < 4.78 is 5.32. The number of rotatable bonds is 5. The van der Waals surface area contributed by atoms with Crippen LogP contribution in [0.3, 0.4) is 0 Å². The van der Waals surface area contributed by atoms with Crippen LogP contribution in [0.5, 0.6) is 5.75 Å². The van der Waals surface area contributed by atoms with Crippen LogP contribution in [0, 0.1) is 0 Å². The van der Waals surface area contributed by atoms with Gasteiger partial charge in [0.15, 0.2) is 6.61 Å². The van der Waals surface area contributed by atoms with E-state index >= 15 is 0 Å². The molecule has 0 aliphatic carbocycles. The van der Waals surface area contributed by atoms with Crippen molar-refractivity contribution in [1.29, 1.82) is 0 Å². The van der Waals surface area contributed by atoms with E-state index in [1.807, 2.05) is 30.3 Å². The highest BCUT2D eigenvalue weighted by atomic mass is 35.5. The number of pyridine rings is 1. The first-order valence-corrected chi connectivity index (χ1v) is 8.13. The van der Waals surface area contributed by atoms with Gasteiger partial charge in [0.2, 0.25) is 0 Å². The zero-order valence-corrected chi connectivity index (χ0v) is 14.5. The SMILES string of the molecule is O=C(COc1cccc(Cl)c1)N/N=C\c1cc2ccccc2nc1Cl. The lowest BCUT2D eigenvalue weighted by Gasteiger charge is -2.05. The van der Waals surface area contributed by atoms with E-state index in [0.717, 1.165) is 10.9 Å². The van der Waals surface area contributed by atoms with Crippen molar-refractivity contribution < 1.29 is 9.53 Å². The van der Waals surface area contributed by atoms with E-state index in [-0.39, 0.29) is 6.61 Å². The third kappa shape index (κ3) is 4.68. The first-order valence-electron chi connectivity index (χ1n) is 7.37. The van der Waals surface area contributed by atoms with Crippen molar-refractivity contribution in [1.82, 2.24) is 10.4 Å². The summed E-state index contributed by atoms with van der Waals surface area (Å²) in [5.41, 5.74) is 3.78. The molecule has 126 valence electrons. The van der Waals surface area contributed by atoms with Crippen molar-refractivity contribution in [2.45, 2.75) is 0 Å². The Kier molecular flexibility index (Phi) is 5.48. The van der Waals surface area contributed by atoms with Crippen molar-refractivity contribution in [2.24, 2.45) is 5.10 Å². The Labute approximate surface area is 154 Å². The van der Waals surface area contributed by atoms with Crippen molar-refractivity contribution in [3.8, 4) is 5.75 Å². The molecule has 3 aromatic rings. The van der Waals surface area contributed by atoms with Gasteiger partial charge in [0.1, 0.15) is 10.9 Å². The number of halogens is 2. The van der Waals surface area contributed by atoms with Gasteiger partial charge < -0.3 is 4.74 Å². The van der Waals surface area contributed by atoms with Crippen LogP contribution in [0.1, 0.15) is 5.56 Å². The first kappa shape index (κ1) is 17.2. The molecule has 7 heteroatoms. The molecule has 0 radical (unpaired) electrons. The van der Waals surface area contributed by atoms with E-state index in [4.69, 9.17) is 27.9 Å². The summed E-state index contributed by atoms with van der Waals surface area (Å²) in [6.07, 6.45) is 1.44. The maximum atomic E-state index is 11.8. The third-order valence-corrected chi connectivity index (χ3v) is 3.80. The molecule has 1 aromatic heterocycles. The number of ether oxygens (including phenoxy) is 1. The van der Waals surface area contributed by atoms with Crippen LogP contribution in [0.25, 0.3) is 10.9 Å². The quantitative estimate of drug-likeness (QED) is 0.416. The molecular formula is C18H13Cl2N3O2. The fraction of sp³-hybridized carbons (Fsp3) is 0.0556. The Morgan fingerprint density at radius 2 is 2.00 bits per heavy atom. The lowest BCUT2D eigenvalue weighted by atomic mass is 10.2. The van der Waals surface area contributed by atoms with Gasteiger partial charge in [-0.3, -0.25) is 4.79 Å². The minimum atomic E-state index is -0.402. The second kappa shape index (κ2) is 7.96. The van der Waals surface area contributed by atoms with Gasteiger partial charge in [-0.2, -0.15) is 5.10 Å². The first-order chi connectivity index (χ1) is 12.1. The van der Waals surface area contributed by atoms with Gasteiger partial charge in [0, 0.05) is 16.0 Å². The van der Waals surface area contributed by atoms with Crippen LogP contribution in [0.2, 0.25) is 10.2 Å². The number of nitrogens with one attached hydrogen (secondary N) is 1. The summed E-state index contributed by atoms with van der Waals surface area (Å²) in [6, 6.07) is 16.2. The van der Waals surface area contributed by atoms with Crippen molar-refractivity contribution >= 4 is 46.2 Å². The molecule has 0 fully saturated rings. The van der Waals surface area contributed by atoms with E-state index in [9.17, 15) is 4.79 Å². The highest BCUT2D eigenvalue weighted by molar-refractivity contribution is 6.32. The number of para-hydroxylation sites is 1. The molecule has 0 aliphatic rings. The minimum Gasteiger partial charge on any atom is -0.484 e. The Morgan fingerprint density at radius 3 is 2.84 bits per heavy atom. The molecule has 0 aliphatic heterocycles. The molecule has 3 rings (SSSR count). The summed E-state index contributed by atoms with van der Waals surface area (Å²) in [5.74, 6) is 0.106. The third-order valence-electron chi connectivity index (χ3n) is 3.26. The number of hydrazone groups is 1. The van der Waals surface area contributed by atoms with Crippen molar-refractivity contribution in [2.75, 3.05) is 6.61 Å².